The SMILES string of the molecule is CC(C)CCOCCNC(C)CC(F)(F)F. The van der Waals surface area contributed by atoms with E-state index in [1.807, 2.05) is 0 Å². The molecule has 16 heavy (non-hydrogen) atoms. The summed E-state index contributed by atoms with van der Waals surface area (Å²) in [6.45, 7) is 7.35. The fourth-order valence-electron chi connectivity index (χ4n) is 1.22. The lowest BCUT2D eigenvalue weighted by molar-refractivity contribution is -0.139. The first-order valence-electron chi connectivity index (χ1n) is 5.69. The zero-order chi connectivity index (χ0) is 12.6. The number of nitrogens with one attached hydrogen (secondary N) is 1. The van der Waals surface area contributed by atoms with E-state index in [2.05, 4.69) is 19.2 Å². The molecule has 0 radical (unpaired) electrons. The zero-order valence-electron chi connectivity index (χ0n) is 10.2. The minimum Gasteiger partial charge on any atom is -0.380 e. The molecule has 1 atom stereocenters. The fourth-order valence-corrected chi connectivity index (χ4v) is 1.22. The van der Waals surface area contributed by atoms with Gasteiger partial charge in [-0.25, -0.2) is 0 Å². The van der Waals surface area contributed by atoms with Crippen LogP contribution in [-0.2, 0) is 4.74 Å². The number of hydrogen-bond acceptors (Lipinski definition) is 2. The van der Waals surface area contributed by atoms with Gasteiger partial charge in [0.15, 0.2) is 0 Å². The van der Waals surface area contributed by atoms with Crippen LogP contribution in [0.5, 0.6) is 0 Å². The van der Waals surface area contributed by atoms with Crippen LogP contribution in [0.1, 0.15) is 33.6 Å². The van der Waals surface area contributed by atoms with E-state index in [0.29, 0.717) is 25.7 Å². The van der Waals surface area contributed by atoms with Gasteiger partial charge in [0.1, 0.15) is 0 Å². The molecule has 0 spiro atoms. The molecule has 0 amide bonds. The molecule has 0 aromatic carbocycles. The molecular weight excluding hydrogens is 219 g/mol. The van der Waals surface area contributed by atoms with Gasteiger partial charge in [-0.3, -0.25) is 0 Å². The number of rotatable bonds is 8. The Morgan fingerprint density at radius 3 is 2.25 bits per heavy atom. The molecule has 1 unspecified atom stereocenters. The van der Waals surface area contributed by atoms with Gasteiger partial charge in [-0.2, -0.15) is 13.2 Å². The van der Waals surface area contributed by atoms with Crippen molar-refractivity contribution in [3.8, 4) is 0 Å². The van der Waals surface area contributed by atoms with Gasteiger partial charge in [0.25, 0.3) is 0 Å². The average molecular weight is 241 g/mol. The highest BCUT2D eigenvalue weighted by Crippen LogP contribution is 2.21. The van der Waals surface area contributed by atoms with Gasteiger partial charge in [-0.15, -0.1) is 0 Å². The molecule has 0 saturated heterocycles. The number of hydrogen-bond donors (Lipinski definition) is 1. The number of alkyl halides is 3. The first-order valence-corrected chi connectivity index (χ1v) is 5.69. The average Bonchev–Trinajstić information content (AvgIpc) is 2.07. The normalized spacial score (nSPS) is 14.4. The number of ether oxygens (including phenoxy) is 1. The van der Waals surface area contributed by atoms with Crippen molar-refractivity contribution in [2.45, 2.75) is 45.8 Å². The Labute approximate surface area is 95.5 Å². The molecule has 1 N–H and O–H groups in total. The van der Waals surface area contributed by atoms with Crippen LogP contribution in [0, 0.1) is 5.92 Å². The summed E-state index contributed by atoms with van der Waals surface area (Å²) >= 11 is 0. The van der Waals surface area contributed by atoms with Crippen LogP contribution in [0.25, 0.3) is 0 Å². The second kappa shape index (κ2) is 7.90. The second-order valence-electron chi connectivity index (χ2n) is 4.47. The van der Waals surface area contributed by atoms with Gasteiger partial charge in [0.2, 0.25) is 0 Å². The maximum atomic E-state index is 12.0. The molecule has 0 aromatic rings. The second-order valence-corrected chi connectivity index (χ2v) is 4.47. The van der Waals surface area contributed by atoms with Crippen LogP contribution < -0.4 is 5.32 Å². The lowest BCUT2D eigenvalue weighted by Crippen LogP contribution is -2.33. The molecule has 0 fully saturated rings. The van der Waals surface area contributed by atoms with Crippen LogP contribution in [0.15, 0.2) is 0 Å². The summed E-state index contributed by atoms with van der Waals surface area (Å²) in [7, 11) is 0. The van der Waals surface area contributed by atoms with Crippen molar-refractivity contribution in [3.63, 3.8) is 0 Å². The maximum absolute atomic E-state index is 12.0. The molecule has 0 bridgehead atoms. The van der Waals surface area contributed by atoms with Crippen molar-refractivity contribution in [1.29, 1.82) is 0 Å². The summed E-state index contributed by atoms with van der Waals surface area (Å²) in [6.07, 6.45) is -3.90. The van der Waals surface area contributed by atoms with Crippen molar-refractivity contribution < 1.29 is 17.9 Å². The maximum Gasteiger partial charge on any atom is 0.390 e. The van der Waals surface area contributed by atoms with E-state index in [0.717, 1.165) is 6.42 Å². The Morgan fingerprint density at radius 2 is 1.75 bits per heavy atom. The number of halogens is 3. The molecule has 0 heterocycles. The van der Waals surface area contributed by atoms with Gasteiger partial charge in [-0.1, -0.05) is 13.8 Å². The minimum atomic E-state index is -4.09. The monoisotopic (exact) mass is 241 g/mol. The summed E-state index contributed by atoms with van der Waals surface area (Å²) in [5, 5.41) is 2.78. The van der Waals surface area contributed by atoms with Crippen molar-refractivity contribution in [3.05, 3.63) is 0 Å². The Bertz CT molecular complexity index is 171. The highest BCUT2D eigenvalue weighted by molar-refractivity contribution is 4.65. The molecule has 5 heteroatoms. The van der Waals surface area contributed by atoms with Crippen LogP contribution >= 0.6 is 0 Å². The molecule has 2 nitrogen and oxygen atoms in total. The summed E-state index contributed by atoms with van der Waals surface area (Å²) < 4.78 is 41.1. The summed E-state index contributed by atoms with van der Waals surface area (Å²) in [4.78, 5) is 0. The van der Waals surface area contributed by atoms with E-state index in [4.69, 9.17) is 4.74 Å². The molecule has 0 rings (SSSR count). The minimum absolute atomic E-state index is 0.467. The summed E-state index contributed by atoms with van der Waals surface area (Å²) in [5.41, 5.74) is 0. The third kappa shape index (κ3) is 11.8. The molecule has 98 valence electrons. The van der Waals surface area contributed by atoms with Crippen LogP contribution in [-0.4, -0.2) is 32.0 Å². The van der Waals surface area contributed by atoms with Gasteiger partial charge in [-0.05, 0) is 19.3 Å². The Balaban J connectivity index is 3.31. The van der Waals surface area contributed by atoms with E-state index in [-0.39, 0.29) is 0 Å². The molecular formula is C11H22F3NO. The topological polar surface area (TPSA) is 21.3 Å². The Kier molecular flexibility index (Phi) is 7.76. The third-order valence-electron chi connectivity index (χ3n) is 2.12. The van der Waals surface area contributed by atoms with Crippen molar-refractivity contribution in [2.24, 2.45) is 5.92 Å². The molecule has 0 saturated carbocycles. The van der Waals surface area contributed by atoms with E-state index in [1.54, 1.807) is 0 Å². The van der Waals surface area contributed by atoms with Gasteiger partial charge >= 0.3 is 6.18 Å². The lowest BCUT2D eigenvalue weighted by Gasteiger charge is -2.15. The zero-order valence-corrected chi connectivity index (χ0v) is 10.2. The van der Waals surface area contributed by atoms with Crippen molar-refractivity contribution in [2.75, 3.05) is 19.8 Å². The van der Waals surface area contributed by atoms with Crippen LogP contribution in [0.2, 0.25) is 0 Å². The van der Waals surface area contributed by atoms with Crippen molar-refractivity contribution in [1.82, 2.24) is 5.32 Å². The smallest absolute Gasteiger partial charge is 0.380 e. The molecule has 0 aliphatic heterocycles. The first kappa shape index (κ1) is 15.7. The highest BCUT2D eigenvalue weighted by Gasteiger charge is 2.29. The summed E-state index contributed by atoms with van der Waals surface area (Å²) in [6, 6.07) is -0.548. The molecule has 0 aromatic heterocycles. The van der Waals surface area contributed by atoms with E-state index >= 15 is 0 Å². The largest absolute Gasteiger partial charge is 0.390 e. The van der Waals surface area contributed by atoms with Crippen LogP contribution in [0.3, 0.4) is 0 Å². The highest BCUT2D eigenvalue weighted by atomic mass is 19.4. The van der Waals surface area contributed by atoms with Gasteiger partial charge in [0, 0.05) is 19.2 Å². The van der Waals surface area contributed by atoms with E-state index < -0.39 is 18.6 Å². The van der Waals surface area contributed by atoms with Gasteiger partial charge < -0.3 is 10.1 Å². The van der Waals surface area contributed by atoms with E-state index in [9.17, 15) is 13.2 Å². The predicted molar refractivity (Wildman–Crippen MR) is 58.4 cm³/mol. The lowest BCUT2D eigenvalue weighted by atomic mass is 10.1. The quantitative estimate of drug-likeness (QED) is 0.660. The standard InChI is InChI=1S/C11H22F3NO/c1-9(2)4-6-16-7-5-15-10(3)8-11(12,13)14/h9-10,15H,4-8H2,1-3H3. The Morgan fingerprint density at radius 1 is 1.12 bits per heavy atom. The Hall–Kier alpha value is -0.290. The predicted octanol–water partition coefficient (Wildman–Crippen LogP) is 2.98. The van der Waals surface area contributed by atoms with Crippen LogP contribution in [0.4, 0.5) is 13.2 Å². The third-order valence-corrected chi connectivity index (χ3v) is 2.12. The van der Waals surface area contributed by atoms with Gasteiger partial charge in [0.05, 0.1) is 13.0 Å². The van der Waals surface area contributed by atoms with E-state index in [1.165, 1.54) is 6.92 Å². The molecule has 0 aliphatic rings. The fraction of sp³-hybridized carbons (Fsp3) is 1.00. The summed E-state index contributed by atoms with van der Waals surface area (Å²) in [5.74, 6) is 0.595. The van der Waals surface area contributed by atoms with Crippen molar-refractivity contribution >= 4 is 0 Å². The first-order chi connectivity index (χ1) is 7.31. The molecule has 0 aliphatic carbocycles.